The van der Waals surface area contributed by atoms with Gasteiger partial charge in [0.1, 0.15) is 28.5 Å². The molecule has 0 unspecified atom stereocenters. The highest BCUT2D eigenvalue weighted by Crippen LogP contribution is 2.31. The second-order valence-electron chi connectivity index (χ2n) is 6.67. The molecule has 144 valence electrons. The minimum absolute atomic E-state index is 0.282. The van der Waals surface area contributed by atoms with Gasteiger partial charge in [0.25, 0.3) is 0 Å². The smallest absolute Gasteiger partial charge is 0.183 e. The van der Waals surface area contributed by atoms with Crippen molar-refractivity contribution < 1.29 is 4.39 Å². The molecular weight excluding hydrogens is 371 g/mol. The predicted molar refractivity (Wildman–Crippen MR) is 107 cm³/mol. The standard InChI is InChI=1S/C20H17FN8/c1-2-13(17-27-16(22)15-18(28-17)25-10-24-15)19-26-14-8-11(21)9-23-20(14)29(19)12-6-4-3-5-7-12/h3-10,13H,2H2,1H3,(H3,22,24,25,27,28)/t13-/m0/s1. The molecule has 4 aromatic heterocycles. The number of imidazole rings is 2. The lowest BCUT2D eigenvalue weighted by Gasteiger charge is -2.16. The van der Waals surface area contributed by atoms with E-state index in [9.17, 15) is 4.39 Å². The monoisotopic (exact) mass is 388 g/mol. The zero-order valence-corrected chi connectivity index (χ0v) is 15.5. The minimum atomic E-state index is -0.437. The van der Waals surface area contributed by atoms with E-state index in [1.54, 1.807) is 0 Å². The number of nitrogen functional groups attached to an aromatic ring is 1. The van der Waals surface area contributed by atoms with Gasteiger partial charge in [0.2, 0.25) is 0 Å². The number of halogens is 1. The number of hydrogen-bond acceptors (Lipinski definition) is 6. The quantitative estimate of drug-likeness (QED) is 0.488. The maximum Gasteiger partial charge on any atom is 0.183 e. The van der Waals surface area contributed by atoms with E-state index in [2.05, 4.69) is 24.9 Å². The third-order valence-electron chi connectivity index (χ3n) is 4.87. The minimum Gasteiger partial charge on any atom is -0.382 e. The lowest BCUT2D eigenvalue weighted by atomic mass is 10.0. The first-order chi connectivity index (χ1) is 14.2. The zero-order valence-electron chi connectivity index (χ0n) is 15.5. The molecule has 0 saturated carbocycles. The molecular formula is C20H17FN8. The lowest BCUT2D eigenvalue weighted by molar-refractivity contribution is 0.623. The van der Waals surface area contributed by atoms with Crippen LogP contribution in [0.3, 0.4) is 0 Å². The van der Waals surface area contributed by atoms with Crippen LogP contribution in [0.5, 0.6) is 0 Å². The van der Waals surface area contributed by atoms with E-state index in [0.29, 0.717) is 46.2 Å². The number of pyridine rings is 1. The number of aromatic amines is 1. The van der Waals surface area contributed by atoms with Crippen LogP contribution in [0.1, 0.15) is 30.9 Å². The second-order valence-corrected chi connectivity index (χ2v) is 6.67. The number of H-pyrrole nitrogens is 1. The van der Waals surface area contributed by atoms with Crippen molar-refractivity contribution in [2.24, 2.45) is 0 Å². The summed E-state index contributed by atoms with van der Waals surface area (Å²) in [6.45, 7) is 2.02. The Labute approximate surface area is 164 Å². The molecule has 5 aromatic rings. The average Bonchev–Trinajstić information content (AvgIpc) is 3.34. The average molecular weight is 388 g/mol. The van der Waals surface area contributed by atoms with Gasteiger partial charge >= 0.3 is 0 Å². The molecule has 0 bridgehead atoms. The maximum atomic E-state index is 13.8. The summed E-state index contributed by atoms with van der Waals surface area (Å²) in [5.41, 5.74) is 9.11. The van der Waals surface area contributed by atoms with Gasteiger partial charge in [0.05, 0.1) is 18.4 Å². The van der Waals surface area contributed by atoms with E-state index in [1.807, 2.05) is 41.8 Å². The van der Waals surface area contributed by atoms with Crippen molar-refractivity contribution in [2.45, 2.75) is 19.3 Å². The van der Waals surface area contributed by atoms with Gasteiger partial charge in [-0.25, -0.2) is 29.3 Å². The molecule has 29 heavy (non-hydrogen) atoms. The Balaban J connectivity index is 1.77. The summed E-state index contributed by atoms with van der Waals surface area (Å²) in [6, 6.07) is 11.1. The Morgan fingerprint density at radius 3 is 2.76 bits per heavy atom. The first kappa shape index (κ1) is 17.2. The molecule has 5 rings (SSSR count). The van der Waals surface area contributed by atoms with E-state index in [-0.39, 0.29) is 5.92 Å². The Hall–Kier alpha value is -3.88. The molecule has 9 heteroatoms. The molecule has 0 saturated heterocycles. The molecule has 4 heterocycles. The van der Waals surface area contributed by atoms with Gasteiger partial charge in [-0.1, -0.05) is 25.1 Å². The molecule has 8 nitrogen and oxygen atoms in total. The first-order valence-electron chi connectivity index (χ1n) is 9.21. The largest absolute Gasteiger partial charge is 0.382 e. The summed E-state index contributed by atoms with van der Waals surface area (Å²) in [4.78, 5) is 25.2. The van der Waals surface area contributed by atoms with Gasteiger partial charge in [0.15, 0.2) is 17.1 Å². The van der Waals surface area contributed by atoms with Crippen LogP contribution in [0, 0.1) is 5.82 Å². The van der Waals surface area contributed by atoms with Crippen LogP contribution in [-0.4, -0.2) is 34.5 Å². The lowest BCUT2D eigenvalue weighted by Crippen LogP contribution is -2.13. The Bertz CT molecular complexity index is 1320. The van der Waals surface area contributed by atoms with Gasteiger partial charge in [-0.05, 0) is 18.6 Å². The van der Waals surface area contributed by atoms with Gasteiger partial charge in [0, 0.05) is 11.8 Å². The summed E-state index contributed by atoms with van der Waals surface area (Å²) >= 11 is 0. The number of aromatic nitrogens is 7. The number of nitrogens with two attached hydrogens (primary N) is 1. The molecule has 3 N–H and O–H groups in total. The van der Waals surface area contributed by atoms with Gasteiger partial charge < -0.3 is 10.7 Å². The molecule has 0 fully saturated rings. The number of para-hydroxylation sites is 1. The van der Waals surface area contributed by atoms with E-state index < -0.39 is 5.82 Å². The Kier molecular flexibility index (Phi) is 3.94. The van der Waals surface area contributed by atoms with E-state index in [1.165, 1.54) is 18.6 Å². The van der Waals surface area contributed by atoms with Crippen molar-refractivity contribution in [1.29, 1.82) is 0 Å². The second kappa shape index (κ2) is 6.62. The number of anilines is 1. The fourth-order valence-corrected chi connectivity index (χ4v) is 3.53. The van der Waals surface area contributed by atoms with Crippen molar-refractivity contribution in [1.82, 2.24) is 34.5 Å². The Morgan fingerprint density at radius 1 is 1.14 bits per heavy atom. The summed E-state index contributed by atoms with van der Waals surface area (Å²) in [5.74, 6) is 0.787. The predicted octanol–water partition coefficient (Wildman–Crippen LogP) is 3.35. The molecule has 0 aliphatic carbocycles. The van der Waals surface area contributed by atoms with Crippen LogP contribution in [0.25, 0.3) is 28.0 Å². The number of fused-ring (bicyclic) bond motifs is 2. The fourth-order valence-electron chi connectivity index (χ4n) is 3.53. The van der Waals surface area contributed by atoms with Crippen LogP contribution in [-0.2, 0) is 0 Å². The molecule has 0 aliphatic rings. The number of hydrogen-bond donors (Lipinski definition) is 2. The summed E-state index contributed by atoms with van der Waals surface area (Å²) in [7, 11) is 0. The third kappa shape index (κ3) is 2.78. The van der Waals surface area contributed by atoms with E-state index in [0.717, 1.165) is 5.69 Å². The normalized spacial score (nSPS) is 12.6. The highest BCUT2D eigenvalue weighted by molar-refractivity contribution is 5.81. The van der Waals surface area contributed by atoms with Crippen molar-refractivity contribution >= 4 is 28.1 Å². The first-order valence-corrected chi connectivity index (χ1v) is 9.21. The van der Waals surface area contributed by atoms with Crippen LogP contribution in [0.4, 0.5) is 10.2 Å². The van der Waals surface area contributed by atoms with Gasteiger partial charge in [-0.2, -0.15) is 0 Å². The topological polar surface area (TPSA) is 111 Å². The molecule has 1 atom stereocenters. The summed E-state index contributed by atoms with van der Waals surface area (Å²) < 4.78 is 15.7. The number of benzene rings is 1. The molecule has 0 aliphatic heterocycles. The van der Waals surface area contributed by atoms with Crippen LogP contribution < -0.4 is 5.73 Å². The highest BCUT2D eigenvalue weighted by Gasteiger charge is 2.26. The van der Waals surface area contributed by atoms with Crippen molar-refractivity contribution in [2.75, 3.05) is 5.73 Å². The van der Waals surface area contributed by atoms with E-state index in [4.69, 9.17) is 10.7 Å². The van der Waals surface area contributed by atoms with Crippen LogP contribution in [0.2, 0.25) is 0 Å². The number of rotatable bonds is 4. The number of nitrogens with zero attached hydrogens (tertiary/aromatic N) is 6. The van der Waals surface area contributed by atoms with Crippen molar-refractivity contribution in [3.8, 4) is 5.69 Å². The third-order valence-corrected chi connectivity index (χ3v) is 4.87. The van der Waals surface area contributed by atoms with Gasteiger partial charge in [-0.15, -0.1) is 0 Å². The molecule has 0 amide bonds. The zero-order chi connectivity index (χ0) is 20.0. The SMILES string of the molecule is CC[C@@H](c1nc(N)c2[nH]cnc2n1)c1nc2cc(F)cnc2n1-c1ccccc1. The molecule has 1 aromatic carbocycles. The van der Waals surface area contributed by atoms with Gasteiger partial charge in [-0.3, -0.25) is 4.57 Å². The Morgan fingerprint density at radius 2 is 1.97 bits per heavy atom. The van der Waals surface area contributed by atoms with Crippen LogP contribution >= 0.6 is 0 Å². The van der Waals surface area contributed by atoms with Crippen molar-refractivity contribution in [3.05, 3.63) is 66.4 Å². The van der Waals surface area contributed by atoms with Crippen LogP contribution in [0.15, 0.2) is 48.9 Å². The number of nitrogens with one attached hydrogen (secondary N) is 1. The molecule has 0 spiro atoms. The highest BCUT2D eigenvalue weighted by atomic mass is 19.1. The fraction of sp³-hybridized carbons (Fsp3) is 0.150. The molecule has 0 radical (unpaired) electrons. The summed E-state index contributed by atoms with van der Waals surface area (Å²) in [5, 5.41) is 0. The maximum absolute atomic E-state index is 13.8. The summed E-state index contributed by atoms with van der Waals surface area (Å²) in [6.07, 6.45) is 3.39. The van der Waals surface area contributed by atoms with E-state index >= 15 is 0 Å². The van der Waals surface area contributed by atoms with Crippen molar-refractivity contribution in [3.63, 3.8) is 0 Å².